The van der Waals surface area contributed by atoms with Crippen LogP contribution in [0.1, 0.15) is 25.0 Å². The van der Waals surface area contributed by atoms with E-state index in [1.165, 1.54) is 0 Å². The van der Waals surface area contributed by atoms with Gasteiger partial charge < -0.3 is 13.7 Å². The molecule has 2 aliphatic rings. The van der Waals surface area contributed by atoms with Crippen molar-refractivity contribution in [2.45, 2.75) is 37.3 Å². The van der Waals surface area contributed by atoms with Crippen molar-refractivity contribution in [1.29, 1.82) is 0 Å². The Hall–Kier alpha value is -2.09. The molecule has 150 valence electrons. The van der Waals surface area contributed by atoms with Gasteiger partial charge in [-0.3, -0.25) is 4.90 Å². The molecular formula is C21H25NO5S. The van der Waals surface area contributed by atoms with Crippen molar-refractivity contribution < 1.29 is 22.1 Å². The molecule has 0 spiro atoms. The first-order valence-corrected chi connectivity index (χ1v) is 10.8. The maximum atomic E-state index is 12.6. The molecule has 0 aliphatic carbocycles. The fourth-order valence-corrected chi connectivity index (χ4v) is 4.71. The van der Waals surface area contributed by atoms with Crippen molar-refractivity contribution in [3.05, 3.63) is 53.6 Å². The van der Waals surface area contributed by atoms with Gasteiger partial charge in [-0.05, 0) is 37.3 Å². The molecule has 0 N–H and O–H groups in total. The van der Waals surface area contributed by atoms with Crippen LogP contribution in [0.15, 0.2) is 47.4 Å². The average molecular weight is 404 g/mol. The van der Waals surface area contributed by atoms with E-state index in [1.807, 2.05) is 6.92 Å². The third-order valence-electron chi connectivity index (χ3n) is 5.39. The minimum absolute atomic E-state index is 0.115. The molecule has 28 heavy (non-hydrogen) atoms. The Morgan fingerprint density at radius 3 is 2.43 bits per heavy atom. The van der Waals surface area contributed by atoms with Crippen molar-refractivity contribution in [3.8, 4) is 11.5 Å². The van der Waals surface area contributed by atoms with E-state index in [0.29, 0.717) is 19.0 Å². The molecule has 0 amide bonds. The molecular weight excluding hydrogens is 378 g/mol. The largest absolute Gasteiger partial charge is 0.474 e. The van der Waals surface area contributed by atoms with Crippen molar-refractivity contribution in [1.82, 2.24) is 4.90 Å². The predicted molar refractivity (Wildman–Crippen MR) is 105 cm³/mol. The Balaban J connectivity index is 1.59. The molecule has 0 saturated carbocycles. The van der Waals surface area contributed by atoms with Crippen LogP contribution in [0, 0.1) is 6.92 Å². The maximum absolute atomic E-state index is 12.6. The first-order valence-electron chi connectivity index (χ1n) is 9.41. The second-order valence-electron chi connectivity index (χ2n) is 7.85. The van der Waals surface area contributed by atoms with Gasteiger partial charge in [-0.1, -0.05) is 31.5 Å². The van der Waals surface area contributed by atoms with Gasteiger partial charge >= 0.3 is 10.1 Å². The van der Waals surface area contributed by atoms with E-state index in [9.17, 15) is 8.42 Å². The SMILES string of the molecule is Cc1ccc(S(=O)(=O)Oc2ccc3c(c2)C(C)(C)C(N2CCOCC2)O3)cc1. The number of benzene rings is 2. The van der Waals surface area contributed by atoms with E-state index in [2.05, 4.69) is 18.7 Å². The van der Waals surface area contributed by atoms with Gasteiger partial charge in [0.25, 0.3) is 0 Å². The number of aryl methyl sites for hydroxylation is 1. The minimum Gasteiger partial charge on any atom is -0.474 e. The molecule has 4 rings (SSSR count). The van der Waals surface area contributed by atoms with Gasteiger partial charge in [0, 0.05) is 24.1 Å². The van der Waals surface area contributed by atoms with Crippen LogP contribution < -0.4 is 8.92 Å². The van der Waals surface area contributed by atoms with E-state index in [0.717, 1.165) is 30.0 Å². The van der Waals surface area contributed by atoms with Crippen LogP contribution in [0.5, 0.6) is 11.5 Å². The quantitative estimate of drug-likeness (QED) is 0.731. The molecule has 0 bridgehead atoms. The second kappa shape index (κ2) is 7.06. The number of ether oxygens (including phenoxy) is 2. The van der Waals surface area contributed by atoms with E-state index >= 15 is 0 Å². The second-order valence-corrected chi connectivity index (χ2v) is 9.40. The zero-order valence-corrected chi connectivity index (χ0v) is 17.2. The molecule has 2 aromatic rings. The summed E-state index contributed by atoms with van der Waals surface area (Å²) in [4.78, 5) is 2.41. The highest BCUT2D eigenvalue weighted by molar-refractivity contribution is 7.87. The predicted octanol–water partition coefficient (Wildman–Crippen LogP) is 3.09. The summed E-state index contributed by atoms with van der Waals surface area (Å²) in [5.74, 6) is 1.06. The zero-order valence-electron chi connectivity index (χ0n) is 16.3. The highest BCUT2D eigenvalue weighted by Crippen LogP contribution is 2.45. The lowest BCUT2D eigenvalue weighted by Crippen LogP contribution is -2.52. The van der Waals surface area contributed by atoms with Crippen molar-refractivity contribution in [2.75, 3.05) is 26.3 Å². The van der Waals surface area contributed by atoms with Crippen molar-refractivity contribution in [3.63, 3.8) is 0 Å². The molecule has 0 radical (unpaired) electrons. The first kappa shape index (κ1) is 19.2. The summed E-state index contributed by atoms with van der Waals surface area (Å²) in [5.41, 5.74) is 1.63. The van der Waals surface area contributed by atoms with Gasteiger partial charge in [0.1, 0.15) is 16.4 Å². The van der Waals surface area contributed by atoms with Crippen LogP contribution in [-0.2, 0) is 20.3 Å². The fourth-order valence-electron chi connectivity index (χ4n) is 3.79. The maximum Gasteiger partial charge on any atom is 0.339 e. The molecule has 1 saturated heterocycles. The molecule has 1 unspecified atom stereocenters. The molecule has 6 nitrogen and oxygen atoms in total. The van der Waals surface area contributed by atoms with E-state index in [4.69, 9.17) is 13.7 Å². The summed E-state index contributed by atoms with van der Waals surface area (Å²) in [7, 11) is -3.89. The Labute approximate surface area is 166 Å². The van der Waals surface area contributed by atoms with Gasteiger partial charge in [0.15, 0.2) is 6.23 Å². The molecule has 1 fully saturated rings. The van der Waals surface area contributed by atoms with Gasteiger partial charge in [-0.15, -0.1) is 0 Å². The highest BCUT2D eigenvalue weighted by atomic mass is 32.2. The smallest absolute Gasteiger partial charge is 0.339 e. The molecule has 0 aromatic heterocycles. The lowest BCUT2D eigenvalue weighted by Gasteiger charge is -2.38. The van der Waals surface area contributed by atoms with Gasteiger partial charge in [-0.2, -0.15) is 8.42 Å². The summed E-state index contributed by atoms with van der Waals surface area (Å²) >= 11 is 0. The Bertz CT molecular complexity index is 963. The van der Waals surface area contributed by atoms with Crippen molar-refractivity contribution >= 4 is 10.1 Å². The molecule has 1 atom stereocenters. The summed E-state index contributed by atoms with van der Waals surface area (Å²) in [6, 6.07) is 11.8. The number of fused-ring (bicyclic) bond motifs is 1. The summed E-state index contributed by atoms with van der Waals surface area (Å²) in [6.07, 6.45) is -0.115. The van der Waals surface area contributed by atoms with Crippen LogP contribution in [0.25, 0.3) is 0 Å². The standard InChI is InChI=1S/C21H25NO5S/c1-15-4-7-17(8-5-15)28(23,24)27-16-6-9-19-18(14-16)21(2,3)20(26-19)22-10-12-25-13-11-22/h4-9,14,20H,10-13H2,1-3H3. The summed E-state index contributed by atoms with van der Waals surface area (Å²) in [5, 5.41) is 0. The zero-order chi connectivity index (χ0) is 19.9. The van der Waals surface area contributed by atoms with E-state index < -0.39 is 10.1 Å². The number of rotatable bonds is 4. The Kier molecular flexibility index (Phi) is 4.85. The number of hydrogen-bond donors (Lipinski definition) is 0. The van der Waals surface area contributed by atoms with Gasteiger partial charge in [-0.25, -0.2) is 0 Å². The summed E-state index contributed by atoms with van der Waals surface area (Å²) in [6.45, 7) is 9.13. The van der Waals surface area contributed by atoms with E-state index in [-0.39, 0.29) is 16.5 Å². The lowest BCUT2D eigenvalue weighted by atomic mass is 9.83. The highest BCUT2D eigenvalue weighted by Gasteiger charge is 2.45. The monoisotopic (exact) mass is 403 g/mol. The fraction of sp³-hybridized carbons (Fsp3) is 0.429. The van der Waals surface area contributed by atoms with E-state index in [1.54, 1.807) is 42.5 Å². The normalized spacial score (nSPS) is 21.8. The molecule has 2 heterocycles. The minimum atomic E-state index is -3.89. The van der Waals surface area contributed by atoms with Crippen LogP contribution in [0.4, 0.5) is 0 Å². The third kappa shape index (κ3) is 3.50. The molecule has 2 aromatic carbocycles. The number of hydrogen-bond acceptors (Lipinski definition) is 6. The Morgan fingerprint density at radius 2 is 1.75 bits per heavy atom. The van der Waals surface area contributed by atoms with Crippen LogP contribution in [-0.4, -0.2) is 45.8 Å². The van der Waals surface area contributed by atoms with Gasteiger partial charge in [0.2, 0.25) is 0 Å². The Morgan fingerprint density at radius 1 is 1.07 bits per heavy atom. The van der Waals surface area contributed by atoms with Crippen LogP contribution in [0.3, 0.4) is 0 Å². The molecule has 7 heteroatoms. The first-order chi connectivity index (χ1) is 13.3. The topological polar surface area (TPSA) is 65.1 Å². The van der Waals surface area contributed by atoms with Gasteiger partial charge in [0.05, 0.1) is 13.2 Å². The summed E-state index contributed by atoms with van der Waals surface area (Å²) < 4.78 is 42.3. The molecule has 2 aliphatic heterocycles. The van der Waals surface area contributed by atoms with Crippen LogP contribution >= 0.6 is 0 Å². The number of morpholine rings is 1. The number of nitrogens with zero attached hydrogens (tertiary/aromatic N) is 1. The average Bonchev–Trinajstić information content (AvgIpc) is 2.93. The lowest BCUT2D eigenvalue weighted by molar-refractivity contribution is -0.0612. The van der Waals surface area contributed by atoms with Crippen LogP contribution in [0.2, 0.25) is 0 Å². The third-order valence-corrected chi connectivity index (χ3v) is 6.66. The van der Waals surface area contributed by atoms with Crippen molar-refractivity contribution in [2.24, 2.45) is 0 Å².